The summed E-state index contributed by atoms with van der Waals surface area (Å²) in [6.07, 6.45) is 0. The maximum Gasteiger partial charge on any atom is 0.218 e. The van der Waals surface area contributed by atoms with Gasteiger partial charge in [-0.05, 0) is 19.9 Å². The van der Waals surface area contributed by atoms with Crippen molar-refractivity contribution in [2.45, 2.75) is 20.4 Å². The van der Waals surface area contributed by atoms with Gasteiger partial charge in [0, 0.05) is 18.2 Å². The van der Waals surface area contributed by atoms with Gasteiger partial charge in [0.2, 0.25) is 5.88 Å². The van der Waals surface area contributed by atoms with E-state index >= 15 is 0 Å². The van der Waals surface area contributed by atoms with E-state index in [0.29, 0.717) is 36.2 Å². The smallest absolute Gasteiger partial charge is 0.218 e. The molecule has 0 radical (unpaired) electrons. The minimum absolute atomic E-state index is 0.231. The van der Waals surface area contributed by atoms with Gasteiger partial charge in [-0.1, -0.05) is 18.2 Å². The van der Waals surface area contributed by atoms with E-state index < -0.39 is 0 Å². The Morgan fingerprint density at radius 3 is 2.79 bits per heavy atom. The van der Waals surface area contributed by atoms with E-state index in [1.807, 2.05) is 6.92 Å². The van der Waals surface area contributed by atoms with Crippen molar-refractivity contribution >= 4 is 5.82 Å². The first kappa shape index (κ1) is 13.3. The van der Waals surface area contributed by atoms with Gasteiger partial charge in [-0.3, -0.25) is 0 Å². The van der Waals surface area contributed by atoms with Crippen molar-refractivity contribution in [3.63, 3.8) is 0 Å². The first-order valence-corrected chi connectivity index (χ1v) is 6.15. The van der Waals surface area contributed by atoms with Crippen LogP contribution in [0.25, 0.3) is 0 Å². The summed E-state index contributed by atoms with van der Waals surface area (Å²) < 4.78 is 18.8. The highest BCUT2D eigenvalue weighted by Crippen LogP contribution is 2.15. The molecule has 0 saturated heterocycles. The largest absolute Gasteiger partial charge is 0.478 e. The molecule has 1 heterocycles. The lowest BCUT2D eigenvalue weighted by atomic mass is 10.2. The molecule has 0 aliphatic carbocycles. The summed E-state index contributed by atoms with van der Waals surface area (Å²) in [5.74, 6) is 1.53. The Morgan fingerprint density at radius 1 is 1.26 bits per heavy atom. The lowest BCUT2D eigenvalue weighted by molar-refractivity contribution is 0.325. The zero-order valence-electron chi connectivity index (χ0n) is 11.0. The number of rotatable bonds is 5. The number of aromatic nitrogens is 2. The van der Waals surface area contributed by atoms with Crippen molar-refractivity contribution in [2.75, 3.05) is 11.9 Å². The van der Waals surface area contributed by atoms with E-state index in [2.05, 4.69) is 15.3 Å². The minimum atomic E-state index is -0.231. The number of hydrogen-bond acceptors (Lipinski definition) is 4. The summed E-state index contributed by atoms with van der Waals surface area (Å²) in [6.45, 7) is 4.60. The van der Waals surface area contributed by atoms with Crippen LogP contribution in [0.1, 0.15) is 18.3 Å². The predicted octanol–water partition coefficient (Wildman–Crippen LogP) is 2.93. The van der Waals surface area contributed by atoms with Crippen LogP contribution in [0.5, 0.6) is 5.88 Å². The molecule has 0 unspecified atom stereocenters. The van der Waals surface area contributed by atoms with E-state index in [9.17, 15) is 4.39 Å². The predicted molar refractivity (Wildman–Crippen MR) is 71.7 cm³/mol. The fraction of sp³-hybridized carbons (Fsp3) is 0.286. The molecule has 2 aromatic rings. The average molecular weight is 261 g/mol. The fourth-order valence-electron chi connectivity index (χ4n) is 1.68. The molecule has 0 spiro atoms. The van der Waals surface area contributed by atoms with Gasteiger partial charge in [0.05, 0.1) is 6.61 Å². The summed E-state index contributed by atoms with van der Waals surface area (Å²) >= 11 is 0. The summed E-state index contributed by atoms with van der Waals surface area (Å²) in [5, 5.41) is 3.07. The molecule has 0 aliphatic rings. The molecular weight excluding hydrogens is 245 g/mol. The Bertz CT molecular complexity index is 560. The highest BCUT2D eigenvalue weighted by molar-refractivity contribution is 5.39. The number of nitrogens with one attached hydrogen (secondary N) is 1. The first-order chi connectivity index (χ1) is 9.19. The normalized spacial score (nSPS) is 10.3. The molecule has 100 valence electrons. The van der Waals surface area contributed by atoms with Crippen LogP contribution < -0.4 is 10.1 Å². The van der Waals surface area contributed by atoms with E-state index in [4.69, 9.17) is 4.74 Å². The molecule has 2 rings (SSSR count). The number of hydrogen-bond donors (Lipinski definition) is 1. The first-order valence-electron chi connectivity index (χ1n) is 6.15. The zero-order valence-corrected chi connectivity index (χ0v) is 11.0. The summed E-state index contributed by atoms with van der Waals surface area (Å²) in [7, 11) is 0. The number of anilines is 1. The Labute approximate surface area is 111 Å². The second-order valence-electron chi connectivity index (χ2n) is 4.02. The molecule has 1 N–H and O–H groups in total. The zero-order chi connectivity index (χ0) is 13.7. The highest BCUT2D eigenvalue weighted by Gasteiger charge is 2.04. The van der Waals surface area contributed by atoms with Gasteiger partial charge in [0.15, 0.2) is 0 Å². The maximum atomic E-state index is 13.5. The summed E-state index contributed by atoms with van der Waals surface area (Å²) in [6, 6.07) is 8.35. The van der Waals surface area contributed by atoms with Gasteiger partial charge in [-0.2, -0.15) is 4.98 Å². The van der Waals surface area contributed by atoms with Crippen LogP contribution in [-0.2, 0) is 6.54 Å². The second kappa shape index (κ2) is 6.13. The topological polar surface area (TPSA) is 47.0 Å². The van der Waals surface area contributed by atoms with Crippen molar-refractivity contribution in [3.8, 4) is 5.88 Å². The van der Waals surface area contributed by atoms with Crippen molar-refractivity contribution < 1.29 is 9.13 Å². The monoisotopic (exact) mass is 261 g/mol. The van der Waals surface area contributed by atoms with Crippen LogP contribution in [0.2, 0.25) is 0 Å². The lowest BCUT2D eigenvalue weighted by Crippen LogP contribution is -2.06. The molecule has 0 saturated carbocycles. The second-order valence-corrected chi connectivity index (χ2v) is 4.02. The molecular formula is C14H16FN3O. The highest BCUT2D eigenvalue weighted by atomic mass is 19.1. The third kappa shape index (κ3) is 3.64. The van der Waals surface area contributed by atoms with Gasteiger partial charge >= 0.3 is 0 Å². The van der Waals surface area contributed by atoms with E-state index in [1.165, 1.54) is 6.07 Å². The number of aryl methyl sites for hydroxylation is 1. The lowest BCUT2D eigenvalue weighted by Gasteiger charge is -2.09. The third-order valence-electron chi connectivity index (χ3n) is 2.52. The summed E-state index contributed by atoms with van der Waals surface area (Å²) in [5.41, 5.74) is 0.594. The van der Waals surface area contributed by atoms with Crippen LogP contribution in [-0.4, -0.2) is 16.6 Å². The molecule has 0 atom stereocenters. The van der Waals surface area contributed by atoms with E-state index in [-0.39, 0.29) is 5.82 Å². The molecule has 0 bridgehead atoms. The quantitative estimate of drug-likeness (QED) is 0.899. The minimum Gasteiger partial charge on any atom is -0.478 e. The molecule has 4 nitrogen and oxygen atoms in total. The molecule has 0 fully saturated rings. The summed E-state index contributed by atoms with van der Waals surface area (Å²) in [4.78, 5) is 8.38. The number of ether oxygens (including phenoxy) is 1. The van der Waals surface area contributed by atoms with Crippen LogP contribution in [0.3, 0.4) is 0 Å². The van der Waals surface area contributed by atoms with Crippen LogP contribution in [0.4, 0.5) is 10.2 Å². The van der Waals surface area contributed by atoms with Crippen LogP contribution in [0, 0.1) is 12.7 Å². The van der Waals surface area contributed by atoms with Crippen molar-refractivity contribution in [1.29, 1.82) is 0 Å². The van der Waals surface area contributed by atoms with Crippen molar-refractivity contribution in [2.24, 2.45) is 0 Å². The van der Waals surface area contributed by atoms with Gasteiger partial charge in [-0.15, -0.1) is 0 Å². The van der Waals surface area contributed by atoms with Crippen LogP contribution >= 0.6 is 0 Å². The van der Waals surface area contributed by atoms with Crippen molar-refractivity contribution in [1.82, 2.24) is 9.97 Å². The van der Waals surface area contributed by atoms with Crippen molar-refractivity contribution in [3.05, 3.63) is 47.5 Å². The van der Waals surface area contributed by atoms with Crippen LogP contribution in [0.15, 0.2) is 30.3 Å². The van der Waals surface area contributed by atoms with Gasteiger partial charge in [0.25, 0.3) is 0 Å². The molecule has 19 heavy (non-hydrogen) atoms. The molecule has 1 aromatic heterocycles. The van der Waals surface area contributed by atoms with E-state index in [1.54, 1.807) is 31.2 Å². The third-order valence-corrected chi connectivity index (χ3v) is 2.52. The number of halogens is 1. The standard InChI is InChI=1S/C14H16FN3O/c1-3-19-14-8-13(17-10(2)18-14)16-9-11-6-4-5-7-12(11)15/h4-8H,3,9H2,1-2H3,(H,16,17,18). The maximum absolute atomic E-state index is 13.5. The Balaban J connectivity index is 2.09. The molecule has 0 aliphatic heterocycles. The number of nitrogens with zero attached hydrogens (tertiary/aromatic N) is 2. The molecule has 5 heteroatoms. The van der Waals surface area contributed by atoms with Gasteiger partial charge in [-0.25, -0.2) is 9.37 Å². The van der Waals surface area contributed by atoms with Gasteiger partial charge < -0.3 is 10.1 Å². The average Bonchev–Trinajstić information content (AvgIpc) is 2.37. The number of benzene rings is 1. The SMILES string of the molecule is CCOc1cc(NCc2ccccc2F)nc(C)n1. The Hall–Kier alpha value is -2.17. The van der Waals surface area contributed by atoms with E-state index in [0.717, 1.165) is 0 Å². The molecule has 1 aromatic carbocycles. The Kier molecular flexibility index (Phi) is 4.28. The Morgan fingerprint density at radius 2 is 2.05 bits per heavy atom. The molecule has 0 amide bonds. The fourth-order valence-corrected chi connectivity index (χ4v) is 1.68. The van der Waals surface area contributed by atoms with Gasteiger partial charge in [0.1, 0.15) is 17.5 Å².